The van der Waals surface area contributed by atoms with E-state index < -0.39 is 29.4 Å². The summed E-state index contributed by atoms with van der Waals surface area (Å²) in [5, 5.41) is 31.5. The van der Waals surface area contributed by atoms with Crippen LogP contribution in [0.5, 0.6) is 5.88 Å². The maximum atomic E-state index is 12.6. The van der Waals surface area contributed by atoms with Gasteiger partial charge in [-0.1, -0.05) is 26.2 Å². The van der Waals surface area contributed by atoms with Crippen molar-refractivity contribution in [1.82, 2.24) is 19.7 Å². The molecular weight excluding hydrogens is 379 g/mol. The minimum atomic E-state index is -4.73. The summed E-state index contributed by atoms with van der Waals surface area (Å²) < 4.78 is 38.6. The normalized spacial score (nSPS) is 11.9. The predicted octanol–water partition coefficient (Wildman–Crippen LogP) is 3.87. The molecule has 0 fully saturated rings. The van der Waals surface area contributed by atoms with Crippen LogP contribution in [0.2, 0.25) is 0 Å². The second-order valence-electron chi connectivity index (χ2n) is 5.98. The Morgan fingerprint density at radius 3 is 2.57 bits per heavy atom. The minimum absolute atomic E-state index is 0.0603. The van der Waals surface area contributed by atoms with Gasteiger partial charge in [0, 0.05) is 12.1 Å². The molecule has 0 atom stereocenters. The molecule has 2 aromatic heterocycles. The Bertz CT molecular complexity index is 970. The molecule has 0 spiro atoms. The number of azo groups is 1. The summed E-state index contributed by atoms with van der Waals surface area (Å²) in [4.78, 5) is 15.8. The second kappa shape index (κ2) is 8.64. The summed E-state index contributed by atoms with van der Waals surface area (Å²) in [6.45, 7) is 3.57. The standard InChI is InChI=1S/C16H18F3N7O2/c1-3-4-5-6-7-26-12(27)10(8-20)9(2)11(13(26)28)22-24-15-21-14(23-25-15)16(17,18)19/h27H,3-7H2,1-2H3,(H,21,23,25). The van der Waals surface area contributed by atoms with Gasteiger partial charge < -0.3 is 5.11 Å². The lowest BCUT2D eigenvalue weighted by atomic mass is 10.1. The molecule has 2 rings (SSSR count). The topological polar surface area (TPSA) is 132 Å². The van der Waals surface area contributed by atoms with Gasteiger partial charge in [0.25, 0.3) is 11.5 Å². The summed E-state index contributed by atoms with van der Waals surface area (Å²) in [6.07, 6.45) is -1.37. The number of nitriles is 1. The first-order chi connectivity index (χ1) is 13.2. The van der Waals surface area contributed by atoms with Crippen LogP contribution in [0.4, 0.5) is 24.8 Å². The number of aromatic nitrogens is 4. The molecule has 0 aromatic carbocycles. The zero-order chi connectivity index (χ0) is 20.9. The van der Waals surface area contributed by atoms with Crippen LogP contribution in [0.15, 0.2) is 15.0 Å². The van der Waals surface area contributed by atoms with Gasteiger partial charge in [-0.15, -0.1) is 15.3 Å². The second-order valence-corrected chi connectivity index (χ2v) is 5.98. The lowest BCUT2D eigenvalue weighted by Gasteiger charge is -2.12. The number of alkyl halides is 3. The summed E-state index contributed by atoms with van der Waals surface area (Å²) in [6, 6.07) is 1.80. The van der Waals surface area contributed by atoms with Gasteiger partial charge in [0.1, 0.15) is 11.6 Å². The van der Waals surface area contributed by atoms with Crippen molar-refractivity contribution in [2.24, 2.45) is 10.2 Å². The van der Waals surface area contributed by atoms with Crippen LogP contribution in [0, 0.1) is 18.3 Å². The van der Waals surface area contributed by atoms with Gasteiger partial charge in [0.2, 0.25) is 11.7 Å². The first-order valence-electron chi connectivity index (χ1n) is 8.48. The van der Waals surface area contributed by atoms with Gasteiger partial charge in [-0.25, -0.2) is 0 Å². The molecule has 0 amide bonds. The zero-order valence-corrected chi connectivity index (χ0v) is 15.2. The van der Waals surface area contributed by atoms with Crippen LogP contribution in [-0.2, 0) is 12.7 Å². The van der Waals surface area contributed by atoms with E-state index in [4.69, 9.17) is 0 Å². The average molecular weight is 397 g/mol. The van der Waals surface area contributed by atoms with Crippen LogP contribution in [0.25, 0.3) is 0 Å². The van der Waals surface area contributed by atoms with E-state index in [1.807, 2.05) is 6.92 Å². The monoisotopic (exact) mass is 397 g/mol. The van der Waals surface area contributed by atoms with E-state index in [9.17, 15) is 28.3 Å². The molecule has 0 saturated carbocycles. The van der Waals surface area contributed by atoms with Gasteiger partial charge in [0.05, 0.1) is 0 Å². The van der Waals surface area contributed by atoms with Crippen molar-refractivity contribution >= 4 is 11.6 Å². The van der Waals surface area contributed by atoms with Gasteiger partial charge in [0.15, 0.2) is 5.69 Å². The highest BCUT2D eigenvalue weighted by atomic mass is 19.4. The highest BCUT2D eigenvalue weighted by Gasteiger charge is 2.35. The van der Waals surface area contributed by atoms with Gasteiger partial charge in [-0.2, -0.15) is 23.4 Å². The molecular formula is C16H18F3N7O2. The number of nitrogens with one attached hydrogen (secondary N) is 1. The first-order valence-corrected chi connectivity index (χ1v) is 8.48. The number of hydrogen-bond donors (Lipinski definition) is 2. The van der Waals surface area contributed by atoms with Gasteiger partial charge in [-0.3, -0.25) is 14.5 Å². The molecule has 150 valence electrons. The number of aromatic amines is 1. The number of halogens is 3. The molecule has 0 aliphatic rings. The molecule has 0 aliphatic heterocycles. The van der Waals surface area contributed by atoms with Crippen LogP contribution in [0.1, 0.15) is 49.6 Å². The maximum absolute atomic E-state index is 12.6. The fourth-order valence-electron chi connectivity index (χ4n) is 2.48. The molecule has 9 nitrogen and oxygen atoms in total. The Morgan fingerprint density at radius 1 is 1.29 bits per heavy atom. The van der Waals surface area contributed by atoms with Crippen molar-refractivity contribution in [2.45, 2.75) is 52.3 Å². The Morgan fingerprint density at radius 2 is 2.00 bits per heavy atom. The number of rotatable bonds is 7. The van der Waals surface area contributed by atoms with E-state index in [1.165, 1.54) is 6.92 Å². The van der Waals surface area contributed by atoms with Crippen LogP contribution in [-0.4, -0.2) is 24.9 Å². The van der Waals surface area contributed by atoms with Gasteiger partial charge >= 0.3 is 6.18 Å². The number of unbranched alkanes of at least 4 members (excludes halogenated alkanes) is 3. The fourth-order valence-corrected chi connectivity index (χ4v) is 2.48. The Kier molecular flexibility index (Phi) is 6.50. The summed E-state index contributed by atoms with van der Waals surface area (Å²) >= 11 is 0. The Hall–Kier alpha value is -3.23. The quantitative estimate of drug-likeness (QED) is 0.541. The maximum Gasteiger partial charge on any atom is 0.451 e. The highest BCUT2D eigenvalue weighted by Crippen LogP contribution is 2.28. The van der Waals surface area contributed by atoms with E-state index in [2.05, 4.69) is 20.3 Å². The van der Waals surface area contributed by atoms with Gasteiger partial charge in [-0.05, 0) is 13.3 Å². The lowest BCUT2D eigenvalue weighted by molar-refractivity contribution is -0.144. The number of nitrogens with zero attached hydrogens (tertiary/aromatic N) is 6. The third-order valence-electron chi connectivity index (χ3n) is 3.99. The van der Waals surface area contributed by atoms with Crippen molar-refractivity contribution in [3.05, 3.63) is 27.3 Å². The van der Waals surface area contributed by atoms with Crippen molar-refractivity contribution in [1.29, 1.82) is 5.26 Å². The molecule has 0 bridgehead atoms. The molecule has 0 saturated heterocycles. The molecule has 0 aliphatic carbocycles. The third kappa shape index (κ3) is 4.54. The van der Waals surface area contributed by atoms with Crippen LogP contribution < -0.4 is 5.56 Å². The van der Waals surface area contributed by atoms with Crippen LogP contribution in [0.3, 0.4) is 0 Å². The highest BCUT2D eigenvalue weighted by molar-refractivity contribution is 5.56. The zero-order valence-electron chi connectivity index (χ0n) is 15.2. The fraction of sp³-hybridized carbons (Fsp3) is 0.500. The van der Waals surface area contributed by atoms with E-state index in [0.717, 1.165) is 23.8 Å². The smallest absolute Gasteiger partial charge is 0.451 e. The molecule has 2 N–H and O–H groups in total. The number of aromatic hydroxyl groups is 1. The average Bonchev–Trinajstić information content (AvgIpc) is 3.11. The van der Waals surface area contributed by atoms with E-state index in [-0.39, 0.29) is 23.4 Å². The molecule has 2 aromatic rings. The minimum Gasteiger partial charge on any atom is -0.493 e. The molecule has 12 heteroatoms. The van der Waals surface area contributed by atoms with Crippen LogP contribution >= 0.6 is 0 Å². The Labute approximate surface area is 157 Å². The van der Waals surface area contributed by atoms with Crippen molar-refractivity contribution in [3.63, 3.8) is 0 Å². The molecule has 28 heavy (non-hydrogen) atoms. The number of pyridine rings is 1. The van der Waals surface area contributed by atoms with E-state index in [0.29, 0.717) is 6.42 Å². The van der Waals surface area contributed by atoms with E-state index >= 15 is 0 Å². The summed E-state index contributed by atoms with van der Waals surface area (Å²) in [5.74, 6) is -2.44. The predicted molar refractivity (Wildman–Crippen MR) is 91.5 cm³/mol. The number of H-pyrrole nitrogens is 1. The van der Waals surface area contributed by atoms with E-state index in [1.54, 1.807) is 11.2 Å². The number of hydrogen-bond acceptors (Lipinski definition) is 7. The first kappa shape index (κ1) is 21.1. The lowest BCUT2D eigenvalue weighted by Crippen LogP contribution is -2.22. The molecule has 0 unspecified atom stereocenters. The summed E-state index contributed by atoms with van der Waals surface area (Å²) in [7, 11) is 0. The molecule has 2 heterocycles. The van der Waals surface area contributed by atoms with Crippen molar-refractivity contribution in [3.8, 4) is 11.9 Å². The summed E-state index contributed by atoms with van der Waals surface area (Å²) in [5.41, 5.74) is -1.08. The van der Waals surface area contributed by atoms with Crippen molar-refractivity contribution in [2.75, 3.05) is 0 Å². The SMILES string of the molecule is CCCCCCn1c(O)c(C#N)c(C)c(N=Nc2n[nH]c(C(F)(F)F)n2)c1=O. The Balaban J connectivity index is 2.41. The van der Waals surface area contributed by atoms with Crippen molar-refractivity contribution < 1.29 is 18.3 Å². The molecule has 0 radical (unpaired) electrons. The largest absolute Gasteiger partial charge is 0.493 e. The third-order valence-corrected chi connectivity index (χ3v) is 3.99.